The van der Waals surface area contributed by atoms with Crippen LogP contribution < -0.4 is 0 Å². The maximum Gasteiger partial charge on any atom is 0.270 e. The lowest BCUT2D eigenvalue weighted by Gasteiger charge is -2.31. The van der Waals surface area contributed by atoms with Crippen LogP contribution in [0.15, 0.2) is 71.5 Å². The molecule has 5 rings (SSSR count). The average molecular weight is 471 g/mol. The number of nitriles is 1. The molecule has 2 heterocycles. The number of nitro groups is 1. The van der Waals surface area contributed by atoms with Gasteiger partial charge in [0, 0.05) is 30.9 Å². The molecule has 0 bridgehead atoms. The number of para-hydroxylation sites is 1. The summed E-state index contributed by atoms with van der Waals surface area (Å²) >= 11 is 1.52. The molecular weight excluding hydrogens is 448 g/mol. The molecule has 8 heteroatoms. The number of thiazole rings is 1. The first-order valence-corrected chi connectivity index (χ1v) is 11.9. The van der Waals surface area contributed by atoms with Gasteiger partial charge in [0.05, 0.1) is 33.9 Å². The fourth-order valence-electron chi connectivity index (χ4n) is 4.42. The van der Waals surface area contributed by atoms with E-state index in [4.69, 9.17) is 4.74 Å². The Bertz CT molecular complexity index is 1360. The van der Waals surface area contributed by atoms with E-state index in [0.717, 1.165) is 58.6 Å². The molecule has 0 N–H and O–H groups in total. The van der Waals surface area contributed by atoms with Crippen molar-refractivity contribution in [2.24, 2.45) is 0 Å². The van der Waals surface area contributed by atoms with E-state index in [1.807, 2.05) is 42.5 Å². The molecule has 1 saturated heterocycles. The first kappa shape index (κ1) is 22.0. The molecule has 0 atom stereocenters. The van der Waals surface area contributed by atoms with Crippen molar-refractivity contribution in [3.8, 4) is 6.07 Å². The van der Waals surface area contributed by atoms with Gasteiger partial charge in [0.2, 0.25) is 0 Å². The fourth-order valence-corrected chi connectivity index (χ4v) is 5.35. The van der Waals surface area contributed by atoms with Gasteiger partial charge in [-0.25, -0.2) is 4.98 Å². The first-order chi connectivity index (χ1) is 16.6. The van der Waals surface area contributed by atoms with E-state index in [9.17, 15) is 15.4 Å². The predicted molar refractivity (Wildman–Crippen MR) is 133 cm³/mol. The zero-order valence-corrected chi connectivity index (χ0v) is 19.3. The van der Waals surface area contributed by atoms with Crippen molar-refractivity contribution in [2.75, 3.05) is 26.3 Å². The number of allylic oxidation sites excluding steroid dienone is 4. The number of fused-ring (bicyclic) bond motifs is 1. The summed E-state index contributed by atoms with van der Waals surface area (Å²) in [5.74, 6) is 0. The van der Waals surface area contributed by atoms with Crippen LogP contribution in [0.2, 0.25) is 0 Å². The molecule has 1 aromatic heterocycles. The molecule has 1 fully saturated rings. The Morgan fingerprint density at radius 2 is 2.00 bits per heavy atom. The van der Waals surface area contributed by atoms with Crippen molar-refractivity contribution >= 4 is 38.9 Å². The van der Waals surface area contributed by atoms with Crippen molar-refractivity contribution in [1.82, 2.24) is 9.88 Å². The molecule has 0 radical (unpaired) electrons. The summed E-state index contributed by atoms with van der Waals surface area (Å²) in [7, 11) is 0. The van der Waals surface area contributed by atoms with E-state index in [1.54, 1.807) is 12.1 Å². The number of morpholine rings is 1. The lowest BCUT2D eigenvalue weighted by Crippen LogP contribution is -2.36. The second kappa shape index (κ2) is 9.59. The number of hydrogen-bond donors (Lipinski definition) is 0. The van der Waals surface area contributed by atoms with Crippen LogP contribution in [-0.2, 0) is 4.74 Å². The van der Waals surface area contributed by atoms with Gasteiger partial charge in [0.15, 0.2) is 0 Å². The van der Waals surface area contributed by atoms with Gasteiger partial charge in [0.1, 0.15) is 11.1 Å². The minimum atomic E-state index is -0.374. The van der Waals surface area contributed by atoms with Gasteiger partial charge >= 0.3 is 0 Å². The SMILES string of the molecule is N#C/C(=C/C1=C(N2CCOCC2)C(=C/c2cccc([N+](=O)[O-])c2)/CC1)c1nc2ccccc2s1. The molecule has 7 nitrogen and oxygen atoms in total. The summed E-state index contributed by atoms with van der Waals surface area (Å²) in [6.07, 6.45) is 5.60. The first-order valence-electron chi connectivity index (χ1n) is 11.1. The maximum atomic E-state index is 11.2. The van der Waals surface area contributed by atoms with Crippen LogP contribution in [0, 0.1) is 21.4 Å². The Kier molecular flexibility index (Phi) is 6.21. The van der Waals surface area contributed by atoms with Gasteiger partial charge in [-0.3, -0.25) is 10.1 Å². The van der Waals surface area contributed by atoms with E-state index in [2.05, 4.69) is 16.0 Å². The summed E-state index contributed by atoms with van der Waals surface area (Å²) in [5.41, 5.74) is 5.63. The molecule has 0 amide bonds. The Hall–Kier alpha value is -3.80. The third-order valence-electron chi connectivity index (χ3n) is 5.98. The summed E-state index contributed by atoms with van der Waals surface area (Å²) in [6, 6.07) is 16.9. The standard InChI is InChI=1S/C26H22N4O3S/c27-17-21(26-28-23-6-1-2-7-24(23)34-26)16-20-9-8-19(25(20)29-10-12-33-13-11-29)14-18-4-3-5-22(15-18)30(31)32/h1-7,14-16H,8-13H2/b19-14+,21-16-. The van der Waals surface area contributed by atoms with Gasteiger partial charge in [-0.05, 0) is 53.8 Å². The second-order valence-electron chi connectivity index (χ2n) is 8.15. The molecule has 170 valence electrons. The van der Waals surface area contributed by atoms with Gasteiger partial charge in [-0.2, -0.15) is 5.26 Å². The van der Waals surface area contributed by atoms with Crippen molar-refractivity contribution in [2.45, 2.75) is 12.8 Å². The number of hydrogen-bond acceptors (Lipinski definition) is 7. The van der Waals surface area contributed by atoms with Crippen molar-refractivity contribution < 1.29 is 9.66 Å². The number of benzene rings is 2. The fraction of sp³-hybridized carbons (Fsp3) is 0.231. The molecule has 2 aliphatic rings. The highest BCUT2D eigenvalue weighted by atomic mass is 32.1. The number of nitrogens with zero attached hydrogens (tertiary/aromatic N) is 4. The van der Waals surface area contributed by atoms with Crippen molar-refractivity contribution in [1.29, 1.82) is 5.26 Å². The predicted octanol–water partition coefficient (Wildman–Crippen LogP) is 5.58. The zero-order chi connectivity index (χ0) is 23.5. The molecule has 34 heavy (non-hydrogen) atoms. The van der Waals surface area contributed by atoms with Crippen LogP contribution in [0.25, 0.3) is 21.9 Å². The highest BCUT2D eigenvalue weighted by Gasteiger charge is 2.26. The monoisotopic (exact) mass is 470 g/mol. The van der Waals surface area contributed by atoms with Crippen LogP contribution in [0.1, 0.15) is 23.4 Å². The van der Waals surface area contributed by atoms with Crippen molar-refractivity contribution in [3.63, 3.8) is 0 Å². The molecule has 0 saturated carbocycles. The Balaban J connectivity index is 1.58. The topological polar surface area (TPSA) is 92.3 Å². The summed E-state index contributed by atoms with van der Waals surface area (Å²) in [6.45, 7) is 2.82. The molecule has 2 aromatic carbocycles. The lowest BCUT2D eigenvalue weighted by molar-refractivity contribution is -0.384. The third kappa shape index (κ3) is 4.49. The quantitative estimate of drug-likeness (QED) is 0.275. The average Bonchev–Trinajstić information content (AvgIpc) is 3.47. The Morgan fingerprint density at radius 1 is 1.18 bits per heavy atom. The number of nitro benzene ring substituents is 1. The van der Waals surface area contributed by atoms with Gasteiger partial charge in [0.25, 0.3) is 5.69 Å². The highest BCUT2D eigenvalue weighted by Crippen LogP contribution is 2.38. The van der Waals surface area contributed by atoms with Crippen LogP contribution in [0.5, 0.6) is 0 Å². The number of aromatic nitrogens is 1. The summed E-state index contributed by atoms with van der Waals surface area (Å²) < 4.78 is 6.61. The molecule has 0 unspecified atom stereocenters. The lowest BCUT2D eigenvalue weighted by atomic mass is 10.1. The molecule has 1 aliphatic carbocycles. The van der Waals surface area contributed by atoms with Crippen LogP contribution in [0.4, 0.5) is 5.69 Å². The van der Waals surface area contributed by atoms with E-state index in [-0.39, 0.29) is 10.6 Å². The molecule has 0 spiro atoms. The minimum absolute atomic E-state index is 0.0759. The zero-order valence-electron chi connectivity index (χ0n) is 18.4. The van der Waals surface area contributed by atoms with Gasteiger partial charge in [-0.15, -0.1) is 11.3 Å². The van der Waals surface area contributed by atoms with E-state index in [1.165, 1.54) is 17.4 Å². The molecular formula is C26H22N4O3S. The Labute approximate surface area is 201 Å². The maximum absolute atomic E-state index is 11.2. The highest BCUT2D eigenvalue weighted by molar-refractivity contribution is 7.19. The normalized spacial score (nSPS) is 18.0. The number of ether oxygens (including phenoxy) is 1. The molecule has 3 aromatic rings. The van der Waals surface area contributed by atoms with Crippen molar-refractivity contribution in [3.05, 3.63) is 92.1 Å². The van der Waals surface area contributed by atoms with Gasteiger partial charge in [-0.1, -0.05) is 24.3 Å². The third-order valence-corrected chi connectivity index (χ3v) is 7.05. The van der Waals surface area contributed by atoms with Crippen LogP contribution >= 0.6 is 11.3 Å². The molecule has 1 aliphatic heterocycles. The largest absolute Gasteiger partial charge is 0.378 e. The van der Waals surface area contributed by atoms with Gasteiger partial charge < -0.3 is 9.64 Å². The summed E-state index contributed by atoms with van der Waals surface area (Å²) in [5, 5.41) is 21.9. The van der Waals surface area contributed by atoms with E-state index < -0.39 is 0 Å². The van der Waals surface area contributed by atoms with E-state index >= 15 is 0 Å². The van der Waals surface area contributed by atoms with E-state index in [0.29, 0.717) is 23.8 Å². The minimum Gasteiger partial charge on any atom is -0.378 e. The Morgan fingerprint density at radius 3 is 2.76 bits per heavy atom. The van der Waals surface area contributed by atoms with Crippen LogP contribution in [0.3, 0.4) is 0 Å². The summed E-state index contributed by atoms with van der Waals surface area (Å²) in [4.78, 5) is 17.8. The van der Waals surface area contributed by atoms with Crippen LogP contribution in [-0.4, -0.2) is 41.1 Å². The number of non-ortho nitro benzene ring substituents is 1. The smallest absolute Gasteiger partial charge is 0.270 e. The number of rotatable bonds is 5. The second-order valence-corrected chi connectivity index (χ2v) is 9.18.